The molecule has 0 atom stereocenters. The van der Waals surface area contributed by atoms with Crippen molar-refractivity contribution >= 4 is 23.3 Å². The molecule has 0 aromatic heterocycles. The Morgan fingerprint density at radius 1 is 1.29 bits per heavy atom. The fraction of sp³-hybridized carbons (Fsp3) is 0.133. The summed E-state index contributed by atoms with van der Waals surface area (Å²) in [5.74, 6) is -1.71. The number of anilines is 1. The third-order valence-electron chi connectivity index (χ3n) is 2.90. The van der Waals surface area contributed by atoms with E-state index in [2.05, 4.69) is 10.1 Å². The molecule has 2 aromatic carbocycles. The highest BCUT2D eigenvalue weighted by Gasteiger charge is 2.14. The van der Waals surface area contributed by atoms with Gasteiger partial charge in [-0.1, -0.05) is 17.7 Å². The van der Waals surface area contributed by atoms with E-state index in [1.54, 1.807) is 6.07 Å². The topological polar surface area (TPSA) is 38.3 Å². The van der Waals surface area contributed by atoms with Gasteiger partial charge in [-0.15, -0.1) is 0 Å². The second-order valence-corrected chi connectivity index (χ2v) is 4.64. The van der Waals surface area contributed by atoms with Crippen molar-refractivity contribution in [3.05, 3.63) is 64.2 Å². The Balaban J connectivity index is 2.26. The first-order valence-corrected chi connectivity index (χ1v) is 6.45. The van der Waals surface area contributed by atoms with Crippen molar-refractivity contribution in [2.75, 3.05) is 12.4 Å². The summed E-state index contributed by atoms with van der Waals surface area (Å²) >= 11 is 5.92. The molecule has 0 spiro atoms. The molecule has 110 valence electrons. The quantitative estimate of drug-likeness (QED) is 0.867. The van der Waals surface area contributed by atoms with E-state index in [0.717, 1.165) is 6.07 Å². The van der Waals surface area contributed by atoms with E-state index in [4.69, 9.17) is 11.6 Å². The third-order valence-corrected chi connectivity index (χ3v) is 3.26. The van der Waals surface area contributed by atoms with Crippen molar-refractivity contribution in [3.8, 4) is 0 Å². The Bertz CT molecular complexity index is 656. The maximum atomic E-state index is 13.7. The lowest BCUT2D eigenvalue weighted by molar-refractivity contribution is 0.0601. The molecule has 0 saturated carbocycles. The van der Waals surface area contributed by atoms with Gasteiger partial charge < -0.3 is 10.1 Å². The van der Waals surface area contributed by atoms with Crippen LogP contribution in [0, 0.1) is 11.6 Å². The molecule has 0 unspecified atom stereocenters. The van der Waals surface area contributed by atoms with Gasteiger partial charge in [-0.2, -0.15) is 0 Å². The minimum atomic E-state index is -0.684. The zero-order chi connectivity index (χ0) is 15.4. The number of nitrogens with one attached hydrogen (secondary N) is 1. The average molecular weight is 312 g/mol. The molecule has 0 amide bonds. The summed E-state index contributed by atoms with van der Waals surface area (Å²) in [6, 6.07) is 7.98. The van der Waals surface area contributed by atoms with Gasteiger partial charge in [0.1, 0.15) is 11.6 Å². The molecular weight excluding hydrogens is 300 g/mol. The number of halogens is 3. The van der Waals surface area contributed by atoms with E-state index in [0.29, 0.717) is 5.69 Å². The highest BCUT2D eigenvalue weighted by molar-refractivity contribution is 6.31. The lowest BCUT2D eigenvalue weighted by atomic mass is 10.1. The smallest absolute Gasteiger partial charge is 0.340 e. The van der Waals surface area contributed by atoms with Gasteiger partial charge in [0.15, 0.2) is 0 Å². The number of ether oxygens (including phenoxy) is 1. The van der Waals surface area contributed by atoms with Gasteiger partial charge in [0.2, 0.25) is 0 Å². The van der Waals surface area contributed by atoms with Gasteiger partial charge in [0, 0.05) is 22.8 Å². The molecule has 1 N–H and O–H groups in total. The van der Waals surface area contributed by atoms with Crippen LogP contribution in [-0.4, -0.2) is 13.1 Å². The van der Waals surface area contributed by atoms with Crippen LogP contribution in [0.1, 0.15) is 15.9 Å². The van der Waals surface area contributed by atoms with Crippen molar-refractivity contribution < 1.29 is 18.3 Å². The van der Waals surface area contributed by atoms with Gasteiger partial charge >= 0.3 is 5.97 Å². The van der Waals surface area contributed by atoms with E-state index in [9.17, 15) is 13.6 Å². The molecule has 0 aliphatic heterocycles. The summed E-state index contributed by atoms with van der Waals surface area (Å²) in [7, 11) is 1.20. The molecule has 0 fully saturated rings. The molecule has 0 saturated heterocycles. The highest BCUT2D eigenvalue weighted by Crippen LogP contribution is 2.23. The van der Waals surface area contributed by atoms with Crippen molar-refractivity contribution in [1.82, 2.24) is 0 Å². The fourth-order valence-corrected chi connectivity index (χ4v) is 2.06. The maximum absolute atomic E-state index is 13.7. The Morgan fingerprint density at radius 3 is 2.71 bits per heavy atom. The Morgan fingerprint density at radius 2 is 2.05 bits per heavy atom. The number of carbonyl (C=O) groups is 1. The van der Waals surface area contributed by atoms with Crippen LogP contribution in [0.3, 0.4) is 0 Å². The van der Waals surface area contributed by atoms with Gasteiger partial charge in [0.05, 0.1) is 12.7 Å². The van der Waals surface area contributed by atoms with Crippen molar-refractivity contribution in [2.45, 2.75) is 6.54 Å². The standard InChI is InChI=1S/C15H12ClF2NO2/c1-21-15(20)10-7-9(17)5-6-14(10)19-8-11-12(16)3-2-4-13(11)18/h2-7,19H,8H2,1H3. The van der Waals surface area contributed by atoms with Crippen LogP contribution in [0.15, 0.2) is 36.4 Å². The highest BCUT2D eigenvalue weighted by atomic mass is 35.5. The predicted molar refractivity (Wildman–Crippen MR) is 76.5 cm³/mol. The Labute approximate surface area is 125 Å². The molecule has 0 radical (unpaired) electrons. The summed E-state index contributed by atoms with van der Waals surface area (Å²) in [4.78, 5) is 11.6. The fourth-order valence-electron chi connectivity index (χ4n) is 1.83. The van der Waals surface area contributed by atoms with Crippen LogP contribution in [0.5, 0.6) is 0 Å². The second kappa shape index (κ2) is 6.54. The van der Waals surface area contributed by atoms with Crippen LogP contribution in [0.25, 0.3) is 0 Å². The van der Waals surface area contributed by atoms with E-state index >= 15 is 0 Å². The van der Waals surface area contributed by atoms with E-state index in [1.807, 2.05) is 0 Å². The summed E-state index contributed by atoms with van der Waals surface area (Å²) in [6.45, 7) is 0.0567. The normalized spacial score (nSPS) is 10.3. The van der Waals surface area contributed by atoms with Gasteiger partial charge in [-0.25, -0.2) is 13.6 Å². The zero-order valence-corrected chi connectivity index (χ0v) is 11.9. The monoisotopic (exact) mass is 311 g/mol. The first-order chi connectivity index (χ1) is 10.0. The minimum absolute atomic E-state index is 0.0324. The average Bonchev–Trinajstić information content (AvgIpc) is 2.47. The number of benzene rings is 2. The molecule has 2 rings (SSSR count). The van der Waals surface area contributed by atoms with E-state index in [1.165, 1.54) is 31.4 Å². The van der Waals surface area contributed by atoms with Gasteiger partial charge in [-0.3, -0.25) is 0 Å². The number of rotatable bonds is 4. The number of methoxy groups -OCH3 is 1. The van der Waals surface area contributed by atoms with Crippen LogP contribution in [0.2, 0.25) is 5.02 Å². The molecule has 3 nitrogen and oxygen atoms in total. The molecule has 0 aliphatic carbocycles. The maximum Gasteiger partial charge on any atom is 0.340 e. The number of carbonyl (C=O) groups excluding carboxylic acids is 1. The largest absolute Gasteiger partial charge is 0.465 e. The van der Waals surface area contributed by atoms with Crippen molar-refractivity contribution in [1.29, 1.82) is 0 Å². The number of hydrogen-bond acceptors (Lipinski definition) is 3. The summed E-state index contributed by atoms with van der Waals surface area (Å²) in [5, 5.41) is 3.13. The first-order valence-electron chi connectivity index (χ1n) is 6.07. The van der Waals surface area contributed by atoms with Crippen LogP contribution in [0.4, 0.5) is 14.5 Å². The molecule has 0 aliphatic rings. The molecule has 21 heavy (non-hydrogen) atoms. The van der Waals surface area contributed by atoms with Gasteiger partial charge in [-0.05, 0) is 30.3 Å². The van der Waals surface area contributed by atoms with Crippen LogP contribution < -0.4 is 5.32 Å². The zero-order valence-electron chi connectivity index (χ0n) is 11.1. The lowest BCUT2D eigenvalue weighted by Crippen LogP contribution is -2.09. The SMILES string of the molecule is COC(=O)c1cc(F)ccc1NCc1c(F)cccc1Cl. The van der Waals surface area contributed by atoms with Gasteiger partial charge in [0.25, 0.3) is 0 Å². The third kappa shape index (κ3) is 3.49. The second-order valence-electron chi connectivity index (χ2n) is 4.24. The molecule has 6 heteroatoms. The number of hydrogen-bond donors (Lipinski definition) is 1. The summed E-state index contributed by atoms with van der Waals surface area (Å²) < 4.78 is 31.5. The van der Waals surface area contributed by atoms with E-state index in [-0.39, 0.29) is 22.7 Å². The van der Waals surface area contributed by atoms with E-state index < -0.39 is 17.6 Å². The van der Waals surface area contributed by atoms with Crippen LogP contribution >= 0.6 is 11.6 Å². The predicted octanol–water partition coefficient (Wildman–Crippen LogP) is 4.02. The summed E-state index contributed by atoms with van der Waals surface area (Å²) in [6.07, 6.45) is 0. The Kier molecular flexibility index (Phi) is 4.75. The van der Waals surface area contributed by atoms with Crippen LogP contribution in [-0.2, 0) is 11.3 Å². The molecule has 0 heterocycles. The first kappa shape index (κ1) is 15.3. The number of esters is 1. The molecular formula is C15H12ClF2NO2. The van der Waals surface area contributed by atoms with Crippen molar-refractivity contribution in [3.63, 3.8) is 0 Å². The van der Waals surface area contributed by atoms with Crippen molar-refractivity contribution in [2.24, 2.45) is 0 Å². The lowest BCUT2D eigenvalue weighted by Gasteiger charge is -2.12. The Hall–Kier alpha value is -2.14. The molecule has 0 bridgehead atoms. The molecule has 2 aromatic rings. The minimum Gasteiger partial charge on any atom is -0.465 e. The summed E-state index contributed by atoms with van der Waals surface area (Å²) in [5.41, 5.74) is 0.631.